The fraction of sp³-hybridized carbons (Fsp3) is 0.444. The molecule has 0 aliphatic rings. The number of allylic oxidation sites excluding steroid dienone is 4. The summed E-state index contributed by atoms with van der Waals surface area (Å²) in [5.74, 6) is 1.34. The molecule has 51 valence electrons. The Labute approximate surface area is 58.3 Å². The molecule has 0 spiro atoms. The van der Waals surface area contributed by atoms with Crippen LogP contribution in [-0.4, -0.2) is 0 Å². The molecule has 0 rings (SSSR count). The first kappa shape index (κ1) is 8.48. The second-order valence-corrected chi connectivity index (χ2v) is 2.27. The maximum absolute atomic E-state index is 2.14. The Morgan fingerprint density at radius 1 is 1.22 bits per heavy atom. The van der Waals surface area contributed by atoms with Gasteiger partial charge in [0, 0.05) is 0 Å². The zero-order chi connectivity index (χ0) is 7.11. The molecule has 0 aromatic carbocycles. The zero-order valence-electron chi connectivity index (χ0n) is 6.52. The first-order valence-corrected chi connectivity index (χ1v) is 3.40. The van der Waals surface area contributed by atoms with Crippen LogP contribution in [-0.2, 0) is 0 Å². The van der Waals surface area contributed by atoms with E-state index < -0.39 is 0 Å². The predicted octanol–water partition coefficient (Wildman–Crippen LogP) is 3.12. The van der Waals surface area contributed by atoms with Crippen molar-refractivity contribution < 1.29 is 0 Å². The van der Waals surface area contributed by atoms with E-state index in [-0.39, 0.29) is 0 Å². The van der Waals surface area contributed by atoms with Gasteiger partial charge in [-0.05, 0) is 12.3 Å². The molecule has 0 unspecified atom stereocenters. The summed E-state index contributed by atoms with van der Waals surface area (Å²) in [5, 5.41) is 0. The average Bonchev–Trinajstić information content (AvgIpc) is 1.80. The van der Waals surface area contributed by atoms with Crippen molar-refractivity contribution in [3.05, 3.63) is 30.2 Å². The van der Waals surface area contributed by atoms with Gasteiger partial charge in [-0.2, -0.15) is 0 Å². The maximum atomic E-state index is 2.14. The Balaban J connectivity index is 3.35. The summed E-state index contributed by atoms with van der Waals surface area (Å²) < 4.78 is 0. The van der Waals surface area contributed by atoms with E-state index in [1.165, 1.54) is 5.92 Å². The van der Waals surface area contributed by atoms with Crippen LogP contribution in [0.5, 0.6) is 0 Å². The Hall–Kier alpha value is -0.520. The molecule has 1 radical (unpaired) electrons. The van der Waals surface area contributed by atoms with Crippen LogP contribution in [0.3, 0.4) is 0 Å². The SMILES string of the molecule is CCC=CC=C[C](C)C. The van der Waals surface area contributed by atoms with Crippen LogP contribution in [0.1, 0.15) is 27.2 Å². The van der Waals surface area contributed by atoms with Crippen LogP contribution in [0.4, 0.5) is 0 Å². The first-order chi connectivity index (χ1) is 4.27. The third-order valence-electron chi connectivity index (χ3n) is 0.912. The van der Waals surface area contributed by atoms with Crippen LogP contribution in [0.2, 0.25) is 0 Å². The lowest BCUT2D eigenvalue weighted by Crippen LogP contribution is -1.70. The minimum Gasteiger partial charge on any atom is -0.0848 e. The van der Waals surface area contributed by atoms with E-state index in [0.717, 1.165) is 6.42 Å². The van der Waals surface area contributed by atoms with E-state index in [0.29, 0.717) is 0 Å². The normalized spacial score (nSPS) is 12.4. The smallest absolute Gasteiger partial charge is 0.00860 e. The van der Waals surface area contributed by atoms with E-state index in [2.05, 4.69) is 45.1 Å². The highest BCUT2D eigenvalue weighted by Gasteiger charge is 1.79. The van der Waals surface area contributed by atoms with E-state index in [9.17, 15) is 0 Å². The predicted molar refractivity (Wildman–Crippen MR) is 43.2 cm³/mol. The van der Waals surface area contributed by atoms with Gasteiger partial charge in [0.05, 0.1) is 0 Å². The van der Waals surface area contributed by atoms with Gasteiger partial charge in [-0.15, -0.1) is 0 Å². The van der Waals surface area contributed by atoms with E-state index in [1.54, 1.807) is 0 Å². The summed E-state index contributed by atoms with van der Waals surface area (Å²) in [5.41, 5.74) is 0. The molecule has 0 amide bonds. The van der Waals surface area contributed by atoms with E-state index in [4.69, 9.17) is 0 Å². The van der Waals surface area contributed by atoms with Gasteiger partial charge < -0.3 is 0 Å². The molecule has 0 atom stereocenters. The Kier molecular flexibility index (Phi) is 5.29. The van der Waals surface area contributed by atoms with Gasteiger partial charge in [-0.1, -0.05) is 45.1 Å². The molecule has 0 heterocycles. The molecule has 0 heteroatoms. The summed E-state index contributed by atoms with van der Waals surface area (Å²) in [6.07, 6.45) is 9.50. The Morgan fingerprint density at radius 3 is 2.33 bits per heavy atom. The summed E-state index contributed by atoms with van der Waals surface area (Å²) in [6.45, 7) is 6.32. The maximum Gasteiger partial charge on any atom is -0.00860 e. The second-order valence-electron chi connectivity index (χ2n) is 2.27. The van der Waals surface area contributed by atoms with Crippen LogP contribution in [0.25, 0.3) is 0 Å². The molecule has 9 heavy (non-hydrogen) atoms. The molecular formula is C9H15. The van der Waals surface area contributed by atoms with Crippen LogP contribution >= 0.6 is 0 Å². The van der Waals surface area contributed by atoms with Crippen LogP contribution in [0.15, 0.2) is 24.3 Å². The van der Waals surface area contributed by atoms with Crippen molar-refractivity contribution in [3.8, 4) is 0 Å². The first-order valence-electron chi connectivity index (χ1n) is 3.40. The van der Waals surface area contributed by atoms with Crippen molar-refractivity contribution in [1.82, 2.24) is 0 Å². The molecular weight excluding hydrogens is 108 g/mol. The topological polar surface area (TPSA) is 0 Å². The molecule has 0 fully saturated rings. The molecule has 0 nitrogen and oxygen atoms in total. The second kappa shape index (κ2) is 5.61. The lowest BCUT2D eigenvalue weighted by Gasteiger charge is -1.87. The van der Waals surface area contributed by atoms with Crippen molar-refractivity contribution in [2.75, 3.05) is 0 Å². The van der Waals surface area contributed by atoms with Gasteiger partial charge >= 0.3 is 0 Å². The van der Waals surface area contributed by atoms with Crippen molar-refractivity contribution in [3.63, 3.8) is 0 Å². The highest BCUT2D eigenvalue weighted by molar-refractivity contribution is 5.11. The fourth-order valence-corrected chi connectivity index (χ4v) is 0.463. The molecule has 0 bridgehead atoms. The zero-order valence-corrected chi connectivity index (χ0v) is 6.52. The average molecular weight is 123 g/mol. The highest BCUT2D eigenvalue weighted by Crippen LogP contribution is 1.96. The summed E-state index contributed by atoms with van der Waals surface area (Å²) in [4.78, 5) is 0. The van der Waals surface area contributed by atoms with Crippen LogP contribution < -0.4 is 0 Å². The minimum atomic E-state index is 1.12. The van der Waals surface area contributed by atoms with Crippen molar-refractivity contribution in [2.45, 2.75) is 27.2 Å². The molecule has 0 aromatic heterocycles. The fourth-order valence-electron chi connectivity index (χ4n) is 0.463. The van der Waals surface area contributed by atoms with Crippen molar-refractivity contribution >= 4 is 0 Å². The van der Waals surface area contributed by atoms with Gasteiger partial charge in [-0.25, -0.2) is 0 Å². The largest absolute Gasteiger partial charge is 0.0848 e. The Bertz CT molecular complexity index is 96.6. The molecule has 0 saturated heterocycles. The van der Waals surface area contributed by atoms with E-state index >= 15 is 0 Å². The lowest BCUT2D eigenvalue weighted by atomic mass is 10.2. The third-order valence-corrected chi connectivity index (χ3v) is 0.912. The molecule has 0 aliphatic carbocycles. The summed E-state index contributed by atoms with van der Waals surface area (Å²) >= 11 is 0. The van der Waals surface area contributed by atoms with Gasteiger partial charge in [0.15, 0.2) is 0 Å². The standard InChI is InChI=1S/C9H15/c1-4-5-6-7-8-9(2)3/h5-8H,4H2,1-3H3. The van der Waals surface area contributed by atoms with E-state index in [1.807, 2.05) is 0 Å². The van der Waals surface area contributed by atoms with Gasteiger partial charge in [0.25, 0.3) is 0 Å². The number of hydrogen-bond acceptors (Lipinski definition) is 0. The Morgan fingerprint density at radius 2 is 1.89 bits per heavy atom. The monoisotopic (exact) mass is 123 g/mol. The molecule has 0 aliphatic heterocycles. The minimum absolute atomic E-state index is 1.12. The molecule has 0 aromatic rings. The van der Waals surface area contributed by atoms with Gasteiger partial charge in [0.1, 0.15) is 0 Å². The molecule has 0 N–H and O–H groups in total. The highest BCUT2D eigenvalue weighted by atomic mass is 13.8. The number of hydrogen-bond donors (Lipinski definition) is 0. The third kappa shape index (κ3) is 7.48. The van der Waals surface area contributed by atoms with Gasteiger partial charge in [-0.3, -0.25) is 0 Å². The van der Waals surface area contributed by atoms with Gasteiger partial charge in [0.2, 0.25) is 0 Å². The van der Waals surface area contributed by atoms with Crippen molar-refractivity contribution in [2.24, 2.45) is 0 Å². The summed E-state index contributed by atoms with van der Waals surface area (Å²) in [7, 11) is 0. The lowest BCUT2D eigenvalue weighted by molar-refractivity contribution is 1.20. The quantitative estimate of drug-likeness (QED) is 0.506. The van der Waals surface area contributed by atoms with Crippen LogP contribution in [0, 0.1) is 5.92 Å². The summed E-state index contributed by atoms with van der Waals surface area (Å²) in [6, 6.07) is 0. The number of rotatable bonds is 3. The molecule has 0 saturated carbocycles. The van der Waals surface area contributed by atoms with Crippen molar-refractivity contribution in [1.29, 1.82) is 0 Å².